The molecule has 0 atom stereocenters. The molecular formula is C23H21N5O3. The van der Waals surface area contributed by atoms with Gasteiger partial charge in [0.15, 0.2) is 12.4 Å². The van der Waals surface area contributed by atoms with Crippen molar-refractivity contribution < 1.29 is 14.3 Å². The molecule has 2 aromatic carbocycles. The number of carbonyl (C=O) groups is 1. The van der Waals surface area contributed by atoms with Gasteiger partial charge in [-0.1, -0.05) is 12.1 Å². The summed E-state index contributed by atoms with van der Waals surface area (Å²) >= 11 is 0. The molecule has 2 heterocycles. The third-order valence-corrected chi connectivity index (χ3v) is 4.30. The van der Waals surface area contributed by atoms with Crippen molar-refractivity contribution in [2.45, 2.75) is 13.8 Å². The number of ether oxygens (including phenoxy) is 2. The summed E-state index contributed by atoms with van der Waals surface area (Å²) in [6, 6.07) is 19.9. The van der Waals surface area contributed by atoms with Crippen molar-refractivity contribution in [1.29, 1.82) is 0 Å². The molecule has 0 radical (unpaired) electrons. The van der Waals surface area contributed by atoms with Gasteiger partial charge in [0.1, 0.15) is 11.5 Å². The highest BCUT2D eigenvalue weighted by molar-refractivity contribution is 5.91. The number of benzene rings is 2. The van der Waals surface area contributed by atoms with Gasteiger partial charge in [0, 0.05) is 18.0 Å². The molecule has 4 aromatic rings. The molecule has 31 heavy (non-hydrogen) atoms. The van der Waals surface area contributed by atoms with Crippen molar-refractivity contribution in [2.24, 2.45) is 0 Å². The number of amides is 1. The Morgan fingerprint density at radius 3 is 2.48 bits per heavy atom. The number of rotatable bonds is 7. The third-order valence-electron chi connectivity index (χ3n) is 4.30. The second-order valence-corrected chi connectivity index (χ2v) is 6.91. The topological polar surface area (TPSA) is 91.2 Å². The maximum Gasteiger partial charge on any atom is 0.262 e. The van der Waals surface area contributed by atoms with Crippen LogP contribution in [0.2, 0.25) is 0 Å². The molecule has 4 rings (SSSR count). The van der Waals surface area contributed by atoms with Gasteiger partial charge in [-0.05, 0) is 67.9 Å². The lowest BCUT2D eigenvalue weighted by atomic mass is 10.2. The zero-order valence-corrected chi connectivity index (χ0v) is 17.1. The molecule has 8 heteroatoms. The number of carbonyl (C=O) groups excluding carboxylic acids is 1. The van der Waals surface area contributed by atoms with Crippen LogP contribution in [0.1, 0.15) is 11.3 Å². The molecule has 8 nitrogen and oxygen atoms in total. The predicted octanol–water partition coefficient (Wildman–Crippen LogP) is 4.09. The van der Waals surface area contributed by atoms with Crippen LogP contribution >= 0.6 is 0 Å². The van der Waals surface area contributed by atoms with Crippen LogP contribution in [0.15, 0.2) is 72.9 Å². The van der Waals surface area contributed by atoms with Gasteiger partial charge in [-0.25, -0.2) is 4.68 Å². The lowest BCUT2D eigenvalue weighted by molar-refractivity contribution is -0.118. The largest absolute Gasteiger partial charge is 0.484 e. The van der Waals surface area contributed by atoms with Gasteiger partial charge in [0.05, 0.1) is 5.69 Å². The first-order valence-corrected chi connectivity index (χ1v) is 9.69. The Bertz CT molecular complexity index is 1170. The number of aromatic nitrogens is 4. The molecule has 0 aliphatic rings. The Hall–Kier alpha value is -4.20. The van der Waals surface area contributed by atoms with E-state index in [9.17, 15) is 4.79 Å². The lowest BCUT2D eigenvalue weighted by Gasteiger charge is -2.09. The summed E-state index contributed by atoms with van der Waals surface area (Å²) in [5.41, 5.74) is 2.61. The average molecular weight is 415 g/mol. The van der Waals surface area contributed by atoms with Gasteiger partial charge in [0.2, 0.25) is 5.88 Å². The Morgan fingerprint density at radius 2 is 1.81 bits per heavy atom. The molecule has 0 unspecified atom stereocenters. The highest BCUT2D eigenvalue weighted by Gasteiger charge is 2.06. The quantitative estimate of drug-likeness (QED) is 0.489. The minimum Gasteiger partial charge on any atom is -0.484 e. The molecule has 0 saturated heterocycles. The van der Waals surface area contributed by atoms with Gasteiger partial charge in [-0.15, -0.1) is 10.2 Å². The molecule has 0 saturated carbocycles. The van der Waals surface area contributed by atoms with Gasteiger partial charge in [-0.3, -0.25) is 4.79 Å². The fourth-order valence-electron chi connectivity index (χ4n) is 2.81. The van der Waals surface area contributed by atoms with Crippen LogP contribution in [0, 0.1) is 13.8 Å². The Kier molecular flexibility index (Phi) is 5.89. The number of anilines is 1. The van der Waals surface area contributed by atoms with E-state index in [0.29, 0.717) is 28.9 Å². The molecule has 0 aliphatic heterocycles. The number of nitrogens with zero attached hydrogens (tertiary/aromatic N) is 4. The summed E-state index contributed by atoms with van der Waals surface area (Å²) in [6.07, 6.45) is 1.82. The first-order valence-electron chi connectivity index (χ1n) is 9.69. The lowest BCUT2D eigenvalue weighted by Crippen LogP contribution is -2.20. The van der Waals surface area contributed by atoms with Crippen LogP contribution in [0.3, 0.4) is 0 Å². The smallest absolute Gasteiger partial charge is 0.262 e. The summed E-state index contributed by atoms with van der Waals surface area (Å²) in [4.78, 5) is 12.1. The van der Waals surface area contributed by atoms with Gasteiger partial charge < -0.3 is 14.8 Å². The maximum atomic E-state index is 12.1. The van der Waals surface area contributed by atoms with E-state index in [2.05, 4.69) is 20.6 Å². The highest BCUT2D eigenvalue weighted by atomic mass is 16.5. The summed E-state index contributed by atoms with van der Waals surface area (Å²) in [5.74, 6) is 1.95. The van der Waals surface area contributed by atoms with Crippen LogP contribution < -0.4 is 14.8 Å². The van der Waals surface area contributed by atoms with Crippen molar-refractivity contribution in [3.05, 3.63) is 84.2 Å². The van der Waals surface area contributed by atoms with Crippen LogP contribution in [-0.4, -0.2) is 32.5 Å². The Morgan fingerprint density at radius 1 is 0.968 bits per heavy atom. The minimum absolute atomic E-state index is 0.0700. The summed E-state index contributed by atoms with van der Waals surface area (Å²) < 4.78 is 12.9. The van der Waals surface area contributed by atoms with Crippen molar-refractivity contribution >= 4 is 11.6 Å². The van der Waals surface area contributed by atoms with Gasteiger partial charge in [0.25, 0.3) is 5.91 Å². The fraction of sp³-hybridized carbons (Fsp3) is 0.130. The number of nitrogens with one attached hydrogen (secondary N) is 1. The van der Waals surface area contributed by atoms with Gasteiger partial charge in [-0.2, -0.15) is 5.10 Å². The predicted molar refractivity (Wildman–Crippen MR) is 116 cm³/mol. The fourth-order valence-corrected chi connectivity index (χ4v) is 2.81. The van der Waals surface area contributed by atoms with Crippen molar-refractivity contribution in [3.8, 4) is 23.2 Å². The van der Waals surface area contributed by atoms with Crippen LogP contribution in [0.5, 0.6) is 17.4 Å². The molecular weight excluding hydrogens is 394 g/mol. The number of hydrogen-bond donors (Lipinski definition) is 1. The first kappa shape index (κ1) is 20.1. The van der Waals surface area contributed by atoms with E-state index in [1.807, 2.05) is 50.4 Å². The SMILES string of the molecule is Cc1cccc(OCC(=O)Nc2ccc(Oc3ccc(-n4ccc(C)n4)nn3)cc2)c1. The normalized spacial score (nSPS) is 10.5. The van der Waals surface area contributed by atoms with Crippen LogP contribution in [-0.2, 0) is 4.79 Å². The van der Waals surface area contributed by atoms with Crippen molar-refractivity contribution in [1.82, 2.24) is 20.0 Å². The second-order valence-electron chi connectivity index (χ2n) is 6.91. The number of hydrogen-bond acceptors (Lipinski definition) is 6. The Labute approximate surface area is 179 Å². The minimum atomic E-state index is -0.245. The molecule has 0 spiro atoms. The summed E-state index contributed by atoms with van der Waals surface area (Å²) in [6.45, 7) is 3.81. The summed E-state index contributed by atoms with van der Waals surface area (Å²) in [7, 11) is 0. The monoisotopic (exact) mass is 415 g/mol. The second kappa shape index (κ2) is 9.08. The average Bonchev–Trinajstić information content (AvgIpc) is 3.21. The third kappa shape index (κ3) is 5.45. The molecule has 1 N–H and O–H groups in total. The molecule has 0 bridgehead atoms. The van der Waals surface area contributed by atoms with E-state index in [4.69, 9.17) is 9.47 Å². The number of aryl methyl sites for hydroxylation is 2. The van der Waals surface area contributed by atoms with Crippen molar-refractivity contribution in [3.63, 3.8) is 0 Å². The molecule has 2 aromatic heterocycles. The standard InChI is InChI=1S/C23H21N5O3/c1-16-4-3-5-20(14-16)30-15-22(29)24-18-6-8-19(9-7-18)31-23-11-10-21(25-26-23)28-13-12-17(2)27-28/h3-14H,15H2,1-2H3,(H,24,29). The Balaban J connectivity index is 1.30. The zero-order chi connectivity index (χ0) is 21.6. The van der Waals surface area contributed by atoms with Crippen LogP contribution in [0.25, 0.3) is 5.82 Å². The zero-order valence-electron chi connectivity index (χ0n) is 17.1. The van der Waals surface area contributed by atoms with E-state index >= 15 is 0 Å². The first-order chi connectivity index (χ1) is 15.0. The molecule has 0 aliphatic carbocycles. The molecule has 156 valence electrons. The van der Waals surface area contributed by atoms with Crippen molar-refractivity contribution in [2.75, 3.05) is 11.9 Å². The van der Waals surface area contributed by atoms with E-state index < -0.39 is 0 Å². The highest BCUT2D eigenvalue weighted by Crippen LogP contribution is 2.21. The molecule has 1 amide bonds. The van der Waals surface area contributed by atoms with Crippen LogP contribution in [0.4, 0.5) is 5.69 Å². The van der Waals surface area contributed by atoms with E-state index in [1.165, 1.54) is 0 Å². The van der Waals surface area contributed by atoms with E-state index in [0.717, 1.165) is 11.3 Å². The van der Waals surface area contributed by atoms with E-state index in [1.54, 1.807) is 41.1 Å². The molecule has 0 fully saturated rings. The summed E-state index contributed by atoms with van der Waals surface area (Å²) in [5, 5.41) is 15.3. The van der Waals surface area contributed by atoms with Gasteiger partial charge >= 0.3 is 0 Å². The van der Waals surface area contributed by atoms with E-state index in [-0.39, 0.29) is 12.5 Å². The maximum absolute atomic E-state index is 12.1.